The second kappa shape index (κ2) is 7.78. The van der Waals surface area contributed by atoms with Gasteiger partial charge in [-0.3, -0.25) is 9.59 Å². The van der Waals surface area contributed by atoms with Crippen LogP contribution in [0.5, 0.6) is 0 Å². The molecule has 2 N–H and O–H groups in total. The number of benzene rings is 3. The van der Waals surface area contributed by atoms with E-state index >= 15 is 0 Å². The van der Waals surface area contributed by atoms with E-state index < -0.39 is 11.6 Å². The van der Waals surface area contributed by atoms with Gasteiger partial charge in [0.2, 0.25) is 0 Å². The molecule has 3 rings (SSSR count). The van der Waals surface area contributed by atoms with Crippen LogP contribution in [0.3, 0.4) is 0 Å². The number of anilines is 2. The van der Waals surface area contributed by atoms with Gasteiger partial charge >= 0.3 is 0 Å². The third kappa shape index (κ3) is 4.36. The number of rotatable bonds is 4. The number of carbonyl (C=O) groups is 2. The van der Waals surface area contributed by atoms with E-state index in [4.69, 9.17) is 0 Å². The van der Waals surface area contributed by atoms with Crippen molar-refractivity contribution in [3.8, 4) is 0 Å². The fraction of sp³-hybridized carbons (Fsp3) is 0.0476. The maximum Gasteiger partial charge on any atom is 0.255 e. The minimum atomic E-state index is -0.423. The van der Waals surface area contributed by atoms with Gasteiger partial charge in [-0.15, -0.1) is 0 Å². The highest BCUT2D eigenvalue weighted by Crippen LogP contribution is 2.24. The standard InChI is InChI=1S/C21H16F2N2O2/c1-13-18(24-20(26)14-5-9-16(22)10-6-14)3-2-4-19(13)25-21(27)15-7-11-17(23)12-8-15/h2-12H,1H3,(H,24,26)(H,25,27). The summed E-state index contributed by atoms with van der Waals surface area (Å²) in [5, 5.41) is 5.49. The van der Waals surface area contributed by atoms with Gasteiger partial charge < -0.3 is 10.6 Å². The van der Waals surface area contributed by atoms with Gasteiger partial charge in [-0.05, 0) is 73.2 Å². The van der Waals surface area contributed by atoms with E-state index in [-0.39, 0.29) is 11.8 Å². The number of halogens is 2. The summed E-state index contributed by atoms with van der Waals surface area (Å²) in [4.78, 5) is 24.6. The molecule has 0 atom stereocenters. The molecule has 0 aliphatic heterocycles. The smallest absolute Gasteiger partial charge is 0.255 e. The zero-order valence-electron chi connectivity index (χ0n) is 14.4. The fourth-order valence-electron chi connectivity index (χ4n) is 2.50. The van der Waals surface area contributed by atoms with Crippen LogP contribution in [0.25, 0.3) is 0 Å². The molecule has 0 radical (unpaired) electrons. The van der Waals surface area contributed by atoms with Crippen molar-refractivity contribution in [3.63, 3.8) is 0 Å². The van der Waals surface area contributed by atoms with Crippen LogP contribution < -0.4 is 10.6 Å². The number of hydrogen-bond donors (Lipinski definition) is 2. The van der Waals surface area contributed by atoms with Crippen LogP contribution in [-0.4, -0.2) is 11.8 Å². The normalized spacial score (nSPS) is 10.3. The molecule has 0 aliphatic carbocycles. The van der Waals surface area contributed by atoms with Crippen LogP contribution in [-0.2, 0) is 0 Å². The third-order valence-electron chi connectivity index (χ3n) is 4.04. The number of amides is 2. The second-order valence-electron chi connectivity index (χ2n) is 5.90. The molecule has 0 saturated heterocycles. The lowest BCUT2D eigenvalue weighted by atomic mass is 10.1. The Morgan fingerprint density at radius 3 is 1.41 bits per heavy atom. The van der Waals surface area contributed by atoms with Gasteiger partial charge in [-0.25, -0.2) is 8.78 Å². The van der Waals surface area contributed by atoms with Gasteiger partial charge in [0.15, 0.2) is 0 Å². The number of nitrogens with one attached hydrogen (secondary N) is 2. The molecule has 3 aromatic carbocycles. The summed E-state index contributed by atoms with van der Waals surface area (Å²) in [6.45, 7) is 1.75. The van der Waals surface area contributed by atoms with E-state index in [1.165, 1.54) is 48.5 Å². The second-order valence-corrected chi connectivity index (χ2v) is 5.90. The molecule has 0 aliphatic rings. The first-order valence-electron chi connectivity index (χ1n) is 8.17. The Kier molecular flexibility index (Phi) is 5.26. The van der Waals surface area contributed by atoms with Crippen molar-refractivity contribution in [3.05, 3.63) is 95.1 Å². The lowest BCUT2D eigenvalue weighted by Crippen LogP contribution is -2.15. The molecule has 4 nitrogen and oxygen atoms in total. The molecular weight excluding hydrogens is 350 g/mol. The quantitative estimate of drug-likeness (QED) is 0.698. The van der Waals surface area contributed by atoms with Gasteiger partial charge in [-0.1, -0.05) is 6.07 Å². The Morgan fingerprint density at radius 1 is 0.667 bits per heavy atom. The third-order valence-corrected chi connectivity index (χ3v) is 4.04. The van der Waals surface area contributed by atoms with Crippen LogP contribution in [0.2, 0.25) is 0 Å². The maximum atomic E-state index is 13.0. The van der Waals surface area contributed by atoms with Crippen LogP contribution >= 0.6 is 0 Å². The first kappa shape index (κ1) is 18.3. The summed E-state index contributed by atoms with van der Waals surface area (Å²) >= 11 is 0. The van der Waals surface area contributed by atoms with Crippen LogP contribution in [0, 0.1) is 18.6 Å². The van der Waals surface area contributed by atoms with E-state index in [0.29, 0.717) is 28.1 Å². The molecule has 0 unspecified atom stereocenters. The average Bonchev–Trinajstić information content (AvgIpc) is 2.66. The molecule has 0 fully saturated rings. The monoisotopic (exact) mass is 366 g/mol. The molecule has 0 aromatic heterocycles. The maximum absolute atomic E-state index is 13.0. The predicted octanol–water partition coefficient (Wildman–Crippen LogP) is 4.78. The van der Waals surface area contributed by atoms with Gasteiger partial charge in [0.1, 0.15) is 11.6 Å². The van der Waals surface area contributed by atoms with Crippen molar-refractivity contribution in [1.82, 2.24) is 0 Å². The highest BCUT2D eigenvalue weighted by molar-refractivity contribution is 6.07. The lowest BCUT2D eigenvalue weighted by Gasteiger charge is -2.13. The number of carbonyl (C=O) groups excluding carboxylic acids is 2. The van der Waals surface area contributed by atoms with E-state index in [1.807, 2.05) is 0 Å². The Bertz CT molecular complexity index is 906. The molecule has 0 saturated carbocycles. The molecule has 27 heavy (non-hydrogen) atoms. The van der Waals surface area contributed by atoms with Crippen molar-refractivity contribution in [1.29, 1.82) is 0 Å². The van der Waals surface area contributed by atoms with Gasteiger partial charge in [-0.2, -0.15) is 0 Å². The highest BCUT2D eigenvalue weighted by Gasteiger charge is 2.12. The largest absolute Gasteiger partial charge is 0.322 e. The Balaban J connectivity index is 1.77. The molecule has 2 amide bonds. The Labute approximate surface area is 154 Å². The Morgan fingerprint density at radius 2 is 1.04 bits per heavy atom. The van der Waals surface area contributed by atoms with Crippen molar-refractivity contribution in [2.75, 3.05) is 10.6 Å². The van der Waals surface area contributed by atoms with Crippen LogP contribution in [0.4, 0.5) is 20.2 Å². The Hall–Kier alpha value is -3.54. The summed E-state index contributed by atoms with van der Waals surface area (Å²) in [5.41, 5.74) is 2.32. The molecular formula is C21H16F2N2O2. The van der Waals surface area contributed by atoms with Crippen LogP contribution in [0.15, 0.2) is 66.7 Å². The number of hydrogen-bond acceptors (Lipinski definition) is 2. The van der Waals surface area contributed by atoms with E-state index in [9.17, 15) is 18.4 Å². The summed E-state index contributed by atoms with van der Waals surface area (Å²) in [6.07, 6.45) is 0. The van der Waals surface area contributed by atoms with Crippen molar-refractivity contribution in [2.24, 2.45) is 0 Å². The van der Waals surface area contributed by atoms with Crippen molar-refractivity contribution < 1.29 is 18.4 Å². The van der Waals surface area contributed by atoms with E-state index in [2.05, 4.69) is 10.6 Å². The summed E-state index contributed by atoms with van der Waals surface area (Å²) < 4.78 is 26.0. The lowest BCUT2D eigenvalue weighted by molar-refractivity contribution is 0.101. The molecule has 136 valence electrons. The molecule has 0 bridgehead atoms. The molecule has 6 heteroatoms. The summed E-state index contributed by atoms with van der Waals surface area (Å²) in [6, 6.07) is 15.5. The topological polar surface area (TPSA) is 58.2 Å². The van der Waals surface area contributed by atoms with Crippen LogP contribution in [0.1, 0.15) is 26.3 Å². The molecule has 3 aromatic rings. The predicted molar refractivity (Wildman–Crippen MR) is 99.9 cm³/mol. The van der Waals surface area contributed by atoms with Gasteiger partial charge in [0.25, 0.3) is 11.8 Å². The van der Waals surface area contributed by atoms with Gasteiger partial charge in [0, 0.05) is 22.5 Å². The van der Waals surface area contributed by atoms with Crippen molar-refractivity contribution in [2.45, 2.75) is 6.92 Å². The fourth-order valence-corrected chi connectivity index (χ4v) is 2.50. The van der Waals surface area contributed by atoms with Gasteiger partial charge in [0.05, 0.1) is 0 Å². The first-order valence-corrected chi connectivity index (χ1v) is 8.17. The molecule has 0 spiro atoms. The zero-order valence-corrected chi connectivity index (χ0v) is 14.4. The minimum absolute atomic E-state index is 0.316. The first-order chi connectivity index (χ1) is 12.9. The zero-order chi connectivity index (χ0) is 19.4. The SMILES string of the molecule is Cc1c(NC(=O)c2ccc(F)cc2)cccc1NC(=O)c1ccc(F)cc1. The van der Waals surface area contributed by atoms with Crippen molar-refractivity contribution >= 4 is 23.2 Å². The summed E-state index contributed by atoms with van der Waals surface area (Å²) in [5.74, 6) is -1.62. The van der Waals surface area contributed by atoms with E-state index in [0.717, 1.165) is 0 Å². The highest BCUT2D eigenvalue weighted by atomic mass is 19.1. The average molecular weight is 366 g/mol. The molecule has 0 heterocycles. The van der Waals surface area contributed by atoms with E-state index in [1.54, 1.807) is 25.1 Å². The summed E-state index contributed by atoms with van der Waals surface area (Å²) in [7, 11) is 0. The minimum Gasteiger partial charge on any atom is -0.322 e.